The summed E-state index contributed by atoms with van der Waals surface area (Å²) in [6.45, 7) is 7.60. The summed E-state index contributed by atoms with van der Waals surface area (Å²) >= 11 is 0. The fourth-order valence-electron chi connectivity index (χ4n) is 1.98. The second kappa shape index (κ2) is 7.11. The van der Waals surface area contributed by atoms with Gasteiger partial charge in [0.1, 0.15) is 0 Å². The van der Waals surface area contributed by atoms with E-state index in [9.17, 15) is 0 Å². The van der Waals surface area contributed by atoms with Gasteiger partial charge in [-0.05, 0) is 26.3 Å². The molecule has 3 N–H and O–H groups in total. The summed E-state index contributed by atoms with van der Waals surface area (Å²) in [7, 11) is 0. The van der Waals surface area contributed by atoms with Gasteiger partial charge in [-0.15, -0.1) is 11.8 Å². The number of nitrogens with one attached hydrogen (secondary N) is 1. The van der Waals surface area contributed by atoms with E-state index in [0.29, 0.717) is 6.54 Å². The third-order valence-corrected chi connectivity index (χ3v) is 2.70. The Morgan fingerprint density at radius 2 is 1.88 bits per heavy atom. The van der Waals surface area contributed by atoms with Crippen molar-refractivity contribution >= 4 is 0 Å². The Balaban J connectivity index is 2.67. The zero-order chi connectivity index (χ0) is 12.7. The smallest absolute Gasteiger partial charge is 0.0445 e. The van der Waals surface area contributed by atoms with E-state index in [0.717, 1.165) is 13.0 Å². The molecule has 0 aromatic heterocycles. The maximum Gasteiger partial charge on any atom is 0.0445 e. The number of hydrogen-bond donors (Lipinski definition) is 2. The average molecular weight is 230 g/mol. The van der Waals surface area contributed by atoms with E-state index >= 15 is 0 Å². The fraction of sp³-hybridized carbons (Fsp3) is 0.467. The van der Waals surface area contributed by atoms with Crippen LogP contribution in [0.25, 0.3) is 0 Å². The minimum absolute atomic E-state index is 0.229. The van der Waals surface area contributed by atoms with Crippen LogP contribution in [0, 0.1) is 25.7 Å². The van der Waals surface area contributed by atoms with Gasteiger partial charge in [-0.2, -0.15) is 0 Å². The lowest BCUT2D eigenvalue weighted by atomic mass is 10.0. The summed E-state index contributed by atoms with van der Waals surface area (Å²) in [6.07, 6.45) is 0.873. The van der Waals surface area contributed by atoms with Crippen LogP contribution in [0.3, 0.4) is 0 Å². The van der Waals surface area contributed by atoms with E-state index in [4.69, 9.17) is 5.73 Å². The van der Waals surface area contributed by atoms with Crippen molar-refractivity contribution in [1.29, 1.82) is 0 Å². The summed E-state index contributed by atoms with van der Waals surface area (Å²) in [4.78, 5) is 0. The Kier molecular flexibility index (Phi) is 5.76. The highest BCUT2D eigenvalue weighted by molar-refractivity contribution is 5.30. The molecule has 0 amide bonds. The Hall–Kier alpha value is -1.30. The quantitative estimate of drug-likeness (QED) is 0.602. The largest absolute Gasteiger partial charge is 0.329 e. The van der Waals surface area contributed by atoms with Crippen molar-refractivity contribution in [2.45, 2.75) is 33.2 Å². The number of benzene rings is 1. The molecule has 0 spiro atoms. The first-order valence-electron chi connectivity index (χ1n) is 6.08. The van der Waals surface area contributed by atoms with Gasteiger partial charge >= 0.3 is 0 Å². The molecule has 2 heteroatoms. The van der Waals surface area contributed by atoms with Gasteiger partial charge in [0.05, 0.1) is 0 Å². The van der Waals surface area contributed by atoms with Crippen LogP contribution >= 0.6 is 0 Å². The molecule has 0 bridgehead atoms. The van der Waals surface area contributed by atoms with Crippen molar-refractivity contribution in [3.63, 3.8) is 0 Å². The first-order valence-corrected chi connectivity index (χ1v) is 6.08. The van der Waals surface area contributed by atoms with Gasteiger partial charge in [0.2, 0.25) is 0 Å². The molecule has 1 atom stereocenters. The van der Waals surface area contributed by atoms with Crippen molar-refractivity contribution in [1.82, 2.24) is 5.32 Å². The molecule has 0 aliphatic rings. The summed E-state index contributed by atoms with van der Waals surface area (Å²) in [5, 5.41) is 3.45. The van der Waals surface area contributed by atoms with E-state index in [-0.39, 0.29) is 6.04 Å². The van der Waals surface area contributed by atoms with Crippen LogP contribution in [0.1, 0.15) is 36.1 Å². The lowest BCUT2D eigenvalue weighted by Gasteiger charge is -2.18. The van der Waals surface area contributed by atoms with Crippen LogP contribution in [-0.4, -0.2) is 13.1 Å². The van der Waals surface area contributed by atoms with E-state index in [1.807, 2.05) is 6.92 Å². The highest BCUT2D eigenvalue weighted by atomic mass is 14.9. The van der Waals surface area contributed by atoms with E-state index in [1.165, 1.54) is 16.7 Å². The van der Waals surface area contributed by atoms with Crippen molar-refractivity contribution in [3.05, 3.63) is 34.9 Å². The number of nitrogens with two attached hydrogens (primary N) is 1. The predicted molar refractivity (Wildman–Crippen MR) is 73.8 cm³/mol. The lowest BCUT2D eigenvalue weighted by Crippen LogP contribution is -2.29. The second-order valence-electron chi connectivity index (χ2n) is 4.34. The molecule has 0 saturated carbocycles. The predicted octanol–water partition coefficient (Wildman–Crippen LogP) is 2.31. The molecule has 0 saturated heterocycles. The summed E-state index contributed by atoms with van der Waals surface area (Å²) in [6, 6.07) is 6.80. The van der Waals surface area contributed by atoms with Gasteiger partial charge in [0, 0.05) is 25.6 Å². The van der Waals surface area contributed by atoms with Gasteiger partial charge in [-0.3, -0.25) is 0 Å². The average Bonchev–Trinajstić information content (AvgIpc) is 2.28. The Bertz CT molecular complexity index is 392. The molecule has 0 fully saturated rings. The molecule has 0 aliphatic heterocycles. The summed E-state index contributed by atoms with van der Waals surface area (Å²) < 4.78 is 0. The monoisotopic (exact) mass is 230 g/mol. The zero-order valence-corrected chi connectivity index (χ0v) is 11.0. The van der Waals surface area contributed by atoms with Crippen LogP contribution < -0.4 is 11.1 Å². The highest BCUT2D eigenvalue weighted by Gasteiger charge is 2.08. The van der Waals surface area contributed by atoms with Crippen molar-refractivity contribution in [3.8, 4) is 11.8 Å². The summed E-state index contributed by atoms with van der Waals surface area (Å²) in [5.74, 6) is 5.94. The molecule has 92 valence electrons. The normalized spacial score (nSPS) is 11.8. The van der Waals surface area contributed by atoms with Crippen LogP contribution in [0.5, 0.6) is 0 Å². The minimum atomic E-state index is 0.229. The van der Waals surface area contributed by atoms with Gasteiger partial charge in [0.25, 0.3) is 0 Å². The number of aryl methyl sites for hydroxylation is 2. The van der Waals surface area contributed by atoms with Gasteiger partial charge in [0.15, 0.2) is 0 Å². The maximum absolute atomic E-state index is 5.82. The Morgan fingerprint density at radius 1 is 1.24 bits per heavy atom. The highest BCUT2D eigenvalue weighted by Crippen LogP contribution is 2.16. The molecule has 1 aromatic rings. The Labute approximate surface area is 105 Å². The zero-order valence-electron chi connectivity index (χ0n) is 11.0. The first kappa shape index (κ1) is 13.8. The molecule has 2 nitrogen and oxygen atoms in total. The molecule has 1 aromatic carbocycles. The van der Waals surface area contributed by atoms with E-state index in [1.54, 1.807) is 0 Å². The standard InChI is InChI=1S/C15H22N2/c1-4-5-6-7-17-15(11-16)14-9-12(2)8-13(3)10-14/h8-10,15,17H,6-7,11,16H2,1-3H3. The third-order valence-electron chi connectivity index (χ3n) is 2.70. The second-order valence-corrected chi connectivity index (χ2v) is 4.34. The van der Waals surface area contributed by atoms with Crippen LogP contribution in [-0.2, 0) is 0 Å². The minimum Gasteiger partial charge on any atom is -0.329 e. The SMILES string of the molecule is CC#CCCNC(CN)c1cc(C)cc(C)c1. The van der Waals surface area contributed by atoms with Gasteiger partial charge in [-0.1, -0.05) is 29.3 Å². The molecule has 0 aliphatic carbocycles. The van der Waals surface area contributed by atoms with Crippen molar-refractivity contribution in [2.75, 3.05) is 13.1 Å². The molecule has 1 unspecified atom stereocenters. The molecule has 0 heterocycles. The van der Waals surface area contributed by atoms with E-state index < -0.39 is 0 Å². The van der Waals surface area contributed by atoms with Crippen LogP contribution in [0.2, 0.25) is 0 Å². The van der Waals surface area contributed by atoms with Crippen molar-refractivity contribution in [2.24, 2.45) is 5.73 Å². The molecule has 1 rings (SSSR count). The van der Waals surface area contributed by atoms with Crippen LogP contribution in [0.4, 0.5) is 0 Å². The molecular weight excluding hydrogens is 208 g/mol. The molecular formula is C15H22N2. The van der Waals surface area contributed by atoms with Gasteiger partial charge in [-0.25, -0.2) is 0 Å². The topological polar surface area (TPSA) is 38.0 Å². The van der Waals surface area contributed by atoms with Crippen molar-refractivity contribution < 1.29 is 0 Å². The van der Waals surface area contributed by atoms with Crippen LogP contribution in [0.15, 0.2) is 18.2 Å². The molecule has 17 heavy (non-hydrogen) atoms. The summed E-state index contributed by atoms with van der Waals surface area (Å²) in [5.41, 5.74) is 9.67. The number of hydrogen-bond acceptors (Lipinski definition) is 2. The third kappa shape index (κ3) is 4.60. The fourth-order valence-corrected chi connectivity index (χ4v) is 1.98. The van der Waals surface area contributed by atoms with E-state index in [2.05, 4.69) is 49.2 Å². The number of rotatable bonds is 5. The lowest BCUT2D eigenvalue weighted by molar-refractivity contribution is 0.550. The Morgan fingerprint density at radius 3 is 2.41 bits per heavy atom. The maximum atomic E-state index is 5.82. The first-order chi connectivity index (χ1) is 8.17. The molecule has 0 radical (unpaired) electrons. The van der Waals surface area contributed by atoms with Gasteiger partial charge < -0.3 is 11.1 Å².